The number of aliphatic hydroxyl groups excluding tert-OH is 1. The topological polar surface area (TPSA) is 173 Å². The summed E-state index contributed by atoms with van der Waals surface area (Å²) >= 11 is 0. The molecule has 53 heavy (non-hydrogen) atoms. The second kappa shape index (κ2) is 17.7. The fourth-order valence-corrected chi connectivity index (χ4v) is 11.0. The quantitative estimate of drug-likeness (QED) is 0.194. The molecule has 0 aromatic heterocycles. The van der Waals surface area contributed by atoms with Gasteiger partial charge in [-0.15, -0.1) is 0 Å². The molecule has 1 aliphatic carbocycles. The van der Waals surface area contributed by atoms with Crippen LogP contribution in [0.4, 0.5) is 0 Å². The molecule has 3 fully saturated rings. The van der Waals surface area contributed by atoms with Gasteiger partial charge < -0.3 is 36.5 Å². The first-order chi connectivity index (χ1) is 25.4. The molecule has 0 amide bonds. The lowest BCUT2D eigenvalue weighted by molar-refractivity contribution is -0.143. The van der Waals surface area contributed by atoms with E-state index < -0.39 is 17.7 Å². The summed E-state index contributed by atoms with van der Waals surface area (Å²) in [5, 5.41) is 43.8. The Balaban J connectivity index is 1.30. The number of fused-ring (bicyclic) bond motifs is 4. The first kappa shape index (κ1) is 40.4. The number of carbonyl (C=O) groups is 2. The van der Waals surface area contributed by atoms with Gasteiger partial charge in [-0.05, 0) is 119 Å². The van der Waals surface area contributed by atoms with Gasteiger partial charge in [0, 0.05) is 55.4 Å². The molecule has 1 saturated carbocycles. The van der Waals surface area contributed by atoms with E-state index in [2.05, 4.69) is 64.0 Å². The van der Waals surface area contributed by atoms with Crippen LogP contribution in [0.3, 0.4) is 0 Å². The largest absolute Gasteiger partial charge is 0.481 e. The van der Waals surface area contributed by atoms with Crippen LogP contribution in [-0.2, 0) is 22.4 Å². The van der Waals surface area contributed by atoms with Gasteiger partial charge >= 0.3 is 5.97 Å². The van der Waals surface area contributed by atoms with Crippen molar-refractivity contribution in [2.45, 2.75) is 171 Å². The highest BCUT2D eigenvalue weighted by Crippen LogP contribution is 2.48. The minimum absolute atomic E-state index is 0.0146. The van der Waals surface area contributed by atoms with Crippen LogP contribution < -0.4 is 21.7 Å². The van der Waals surface area contributed by atoms with Gasteiger partial charge in [0.15, 0.2) is 0 Å². The Kier molecular flexibility index (Phi) is 13.5. The van der Waals surface area contributed by atoms with E-state index in [9.17, 15) is 24.9 Å². The molecule has 11 nitrogen and oxygen atoms in total. The van der Waals surface area contributed by atoms with E-state index in [1.807, 2.05) is 6.21 Å². The molecule has 5 aliphatic rings. The van der Waals surface area contributed by atoms with E-state index >= 15 is 0 Å². The van der Waals surface area contributed by atoms with Crippen molar-refractivity contribution < 1.29 is 24.9 Å². The minimum Gasteiger partial charge on any atom is -0.481 e. The highest BCUT2D eigenvalue weighted by Gasteiger charge is 2.43. The van der Waals surface area contributed by atoms with Crippen molar-refractivity contribution in [3.05, 3.63) is 35.4 Å². The summed E-state index contributed by atoms with van der Waals surface area (Å²) in [6.45, 7) is 5.90. The summed E-state index contributed by atoms with van der Waals surface area (Å²) in [5.74, 6) is -0.496. The molecule has 4 heterocycles. The number of rotatable bonds is 8. The van der Waals surface area contributed by atoms with Gasteiger partial charge in [0.1, 0.15) is 6.29 Å². The summed E-state index contributed by atoms with van der Waals surface area (Å²) in [4.78, 5) is 31.4. The lowest BCUT2D eigenvalue weighted by atomic mass is 9.71. The number of carboxylic acid groups (broad SMARTS) is 1. The first-order valence-electron chi connectivity index (χ1n) is 20.7. The van der Waals surface area contributed by atoms with Crippen LogP contribution in [0.15, 0.2) is 29.3 Å². The van der Waals surface area contributed by atoms with Crippen LogP contribution in [-0.4, -0.2) is 106 Å². The van der Waals surface area contributed by atoms with Crippen molar-refractivity contribution in [3.8, 4) is 0 Å². The molecule has 1 aromatic carbocycles. The number of carboxylic acids is 1. The number of piperidine rings is 2. The number of aliphatic imine (C=N–C) groups is 1. The molecular formula is C42H68N6O5. The lowest BCUT2D eigenvalue weighted by Crippen LogP contribution is -2.63. The van der Waals surface area contributed by atoms with E-state index in [1.165, 1.54) is 24.0 Å². The van der Waals surface area contributed by atoms with Gasteiger partial charge in [0.05, 0.1) is 31.0 Å². The van der Waals surface area contributed by atoms with Gasteiger partial charge in [0.2, 0.25) is 0 Å². The van der Waals surface area contributed by atoms with Crippen molar-refractivity contribution in [1.29, 1.82) is 0 Å². The van der Waals surface area contributed by atoms with Crippen LogP contribution >= 0.6 is 0 Å². The van der Waals surface area contributed by atoms with Crippen molar-refractivity contribution in [1.82, 2.24) is 20.9 Å². The predicted molar refractivity (Wildman–Crippen MR) is 209 cm³/mol. The van der Waals surface area contributed by atoms with Crippen molar-refractivity contribution in [2.24, 2.45) is 28.0 Å². The average Bonchev–Trinajstić information content (AvgIpc) is 3.80. The molecule has 8 N–H and O–H groups in total. The summed E-state index contributed by atoms with van der Waals surface area (Å²) in [7, 11) is 0. The molecule has 2 saturated heterocycles. The average molecular weight is 737 g/mol. The number of nitrogens with zero attached hydrogens (tertiary/aromatic N) is 2. The zero-order valence-corrected chi connectivity index (χ0v) is 32.4. The summed E-state index contributed by atoms with van der Waals surface area (Å²) in [6, 6.07) is 9.39. The Bertz CT molecular complexity index is 1400. The van der Waals surface area contributed by atoms with Gasteiger partial charge in [0.25, 0.3) is 0 Å². The number of aliphatic hydroxyl groups is 2. The molecule has 0 radical (unpaired) electrons. The second-order valence-corrected chi connectivity index (χ2v) is 18.3. The number of benzene rings is 1. The molecule has 296 valence electrons. The fourth-order valence-electron chi connectivity index (χ4n) is 11.0. The monoisotopic (exact) mass is 737 g/mol. The third-order valence-corrected chi connectivity index (χ3v) is 14.0. The molecule has 4 bridgehead atoms. The Morgan fingerprint density at radius 1 is 1.09 bits per heavy atom. The van der Waals surface area contributed by atoms with Crippen molar-refractivity contribution >= 4 is 18.5 Å². The maximum atomic E-state index is 12.4. The van der Waals surface area contributed by atoms with Crippen LogP contribution in [0.1, 0.15) is 121 Å². The number of carbonyl (C=O) groups excluding carboxylic acids is 1. The molecule has 6 rings (SSSR count). The lowest BCUT2D eigenvalue weighted by Gasteiger charge is -2.45. The van der Waals surface area contributed by atoms with Crippen molar-refractivity contribution in [2.75, 3.05) is 19.8 Å². The zero-order chi connectivity index (χ0) is 37.6. The Hall–Kier alpha value is -2.25. The molecule has 4 aliphatic heterocycles. The van der Waals surface area contributed by atoms with Crippen molar-refractivity contribution in [3.63, 3.8) is 0 Å². The van der Waals surface area contributed by atoms with Gasteiger partial charge in [-0.2, -0.15) is 0 Å². The molecule has 0 unspecified atom stereocenters. The molecule has 1 spiro atoms. The maximum Gasteiger partial charge on any atom is 0.306 e. The highest BCUT2D eigenvalue weighted by molar-refractivity contribution is 5.68. The number of nitrogens with two attached hydrogens (primary N) is 1. The van der Waals surface area contributed by atoms with Crippen LogP contribution in [0, 0.1) is 17.3 Å². The number of β-amino-alcohol motifs (C(OH)–C–C–N with tert-alkyl or cyclic N) is 1. The Morgan fingerprint density at radius 3 is 2.57 bits per heavy atom. The summed E-state index contributed by atoms with van der Waals surface area (Å²) < 4.78 is 0. The summed E-state index contributed by atoms with van der Waals surface area (Å²) in [6.07, 6.45) is 16.4. The van der Waals surface area contributed by atoms with Crippen LogP contribution in [0.25, 0.3) is 0 Å². The number of nitrogens with one attached hydrogen (secondary N) is 3. The first-order valence-corrected chi connectivity index (χ1v) is 20.7. The minimum atomic E-state index is -1.35. The van der Waals surface area contributed by atoms with E-state index in [-0.39, 0.29) is 60.2 Å². The second-order valence-electron chi connectivity index (χ2n) is 18.3. The highest BCUT2D eigenvalue weighted by atomic mass is 16.4. The zero-order valence-electron chi connectivity index (χ0n) is 32.4. The third-order valence-electron chi connectivity index (χ3n) is 14.0. The third kappa shape index (κ3) is 10.7. The molecule has 10 atom stereocenters. The molecular weight excluding hydrogens is 668 g/mol. The van der Waals surface area contributed by atoms with Gasteiger partial charge in [-0.25, -0.2) is 0 Å². The predicted octanol–water partition coefficient (Wildman–Crippen LogP) is 3.92. The normalized spacial score (nSPS) is 37.9. The smallest absolute Gasteiger partial charge is 0.306 e. The van der Waals surface area contributed by atoms with E-state index in [0.29, 0.717) is 38.3 Å². The summed E-state index contributed by atoms with van der Waals surface area (Å²) in [5.41, 5.74) is 7.55. The number of aldehydes is 1. The van der Waals surface area contributed by atoms with Gasteiger partial charge in [-0.1, -0.05) is 43.5 Å². The van der Waals surface area contributed by atoms with E-state index in [1.54, 1.807) is 0 Å². The molecule has 1 aromatic rings. The standard InChI is InChI=1S/C42H68N6O5/c1-29-37(50)23-36(48-17-16-44-28-48)35(46-29)22-33(10-18-49)32-9-6-13-41(11-3-4-12-41)14-15-42(53,26-39(51)52)27-45-40(2)24-34(47-38(43)25-40)21-31-8-5-7-30(19-31)20-32/h5,7-8,16,18-19,29,32-38,45-47,50,53H,3-4,6,9-15,17,20-28,43H2,1-2H3,(H,51,52)/t29-,32-,33-,34+,35+,36-,37+,38-,40+,42+/m0/s1. The van der Waals surface area contributed by atoms with E-state index in [4.69, 9.17) is 5.73 Å². The molecule has 11 heteroatoms. The van der Waals surface area contributed by atoms with E-state index in [0.717, 1.165) is 77.0 Å². The van der Waals surface area contributed by atoms with Gasteiger partial charge in [-0.3, -0.25) is 20.0 Å². The van der Waals surface area contributed by atoms with Crippen LogP contribution in [0.5, 0.6) is 0 Å². The number of hydrogen-bond acceptors (Lipinski definition) is 10. The fraction of sp³-hybridized carbons (Fsp3) is 0.786. The number of aliphatic carboxylic acids is 1. The Labute approximate surface area is 317 Å². The van der Waals surface area contributed by atoms with Crippen LogP contribution in [0.2, 0.25) is 0 Å². The maximum absolute atomic E-state index is 12.4. The Morgan fingerprint density at radius 2 is 1.85 bits per heavy atom. The number of hydrogen-bond donors (Lipinski definition) is 7. The SMILES string of the molecule is C[C@@H]1N[C@H](C[C@H](CC=O)[C@H]2CCCC3(CCCC3)CC[C@@](O)(CC(=O)O)CN[C@]3(C)C[C@@H](Cc4cccc(c4)C2)N[C@H](N)C3)[C@@H](N2CC=NC2)C[C@H]1O.